The molecule has 0 saturated heterocycles. The average molecular weight is 232 g/mol. The van der Waals surface area contributed by atoms with Crippen molar-refractivity contribution < 1.29 is 4.79 Å². The zero-order valence-corrected chi connectivity index (χ0v) is 10.2. The van der Waals surface area contributed by atoms with Crippen molar-refractivity contribution in [2.75, 3.05) is 18.0 Å². The maximum atomic E-state index is 11.9. The van der Waals surface area contributed by atoms with Gasteiger partial charge in [0.1, 0.15) is 0 Å². The van der Waals surface area contributed by atoms with Crippen molar-refractivity contribution >= 4 is 11.6 Å². The van der Waals surface area contributed by atoms with Gasteiger partial charge in [-0.2, -0.15) is 0 Å². The number of fused-ring (bicyclic) bond motifs is 1. The third-order valence-electron chi connectivity index (χ3n) is 3.28. The van der Waals surface area contributed by atoms with Gasteiger partial charge in [-0.3, -0.25) is 4.79 Å². The zero-order chi connectivity index (χ0) is 12.1. The zero-order valence-electron chi connectivity index (χ0n) is 10.2. The van der Waals surface area contributed by atoms with Crippen LogP contribution in [0.5, 0.6) is 0 Å². The van der Waals surface area contributed by atoms with Gasteiger partial charge in [-0.25, -0.2) is 0 Å². The van der Waals surface area contributed by atoms with Crippen LogP contribution in [0.1, 0.15) is 31.2 Å². The molecule has 0 atom stereocenters. The van der Waals surface area contributed by atoms with E-state index in [2.05, 4.69) is 12.1 Å². The van der Waals surface area contributed by atoms with E-state index in [1.165, 1.54) is 5.56 Å². The van der Waals surface area contributed by atoms with Gasteiger partial charge in [0.05, 0.1) is 0 Å². The van der Waals surface area contributed by atoms with Crippen molar-refractivity contribution in [2.24, 2.45) is 5.73 Å². The minimum Gasteiger partial charge on any atom is -0.330 e. The smallest absolute Gasteiger partial charge is 0.227 e. The summed E-state index contributed by atoms with van der Waals surface area (Å²) >= 11 is 0. The van der Waals surface area contributed by atoms with Gasteiger partial charge < -0.3 is 10.6 Å². The van der Waals surface area contributed by atoms with Crippen LogP contribution < -0.4 is 10.6 Å². The van der Waals surface area contributed by atoms with Gasteiger partial charge in [-0.05, 0) is 37.4 Å². The van der Waals surface area contributed by atoms with Crippen LogP contribution >= 0.6 is 0 Å². The highest BCUT2D eigenvalue weighted by molar-refractivity contribution is 5.96. The van der Waals surface area contributed by atoms with Gasteiger partial charge in [0.25, 0.3) is 0 Å². The van der Waals surface area contributed by atoms with E-state index in [1.54, 1.807) is 0 Å². The number of carbonyl (C=O) groups is 1. The fourth-order valence-corrected chi connectivity index (χ4v) is 2.33. The Kier molecular flexibility index (Phi) is 4.15. The molecule has 0 aromatic heterocycles. The second-order valence-electron chi connectivity index (χ2n) is 4.52. The highest BCUT2D eigenvalue weighted by Gasteiger charge is 2.22. The summed E-state index contributed by atoms with van der Waals surface area (Å²) in [5.41, 5.74) is 7.88. The third-order valence-corrected chi connectivity index (χ3v) is 3.28. The Morgan fingerprint density at radius 3 is 2.76 bits per heavy atom. The number of benzene rings is 1. The SMILES string of the molecule is NCCCCCN1C(=O)CCc2ccccc21. The van der Waals surface area contributed by atoms with Crippen LogP contribution in [0.4, 0.5) is 5.69 Å². The average Bonchev–Trinajstić information content (AvgIpc) is 2.37. The van der Waals surface area contributed by atoms with Crippen LogP contribution in [0.2, 0.25) is 0 Å². The van der Waals surface area contributed by atoms with Gasteiger partial charge in [-0.15, -0.1) is 0 Å². The van der Waals surface area contributed by atoms with Crippen molar-refractivity contribution in [2.45, 2.75) is 32.1 Å². The number of amides is 1. The molecule has 1 aliphatic rings. The maximum absolute atomic E-state index is 11.9. The molecule has 1 aromatic carbocycles. The summed E-state index contributed by atoms with van der Waals surface area (Å²) in [6.07, 6.45) is 4.71. The second kappa shape index (κ2) is 5.82. The first-order valence-corrected chi connectivity index (χ1v) is 6.41. The van der Waals surface area contributed by atoms with E-state index in [4.69, 9.17) is 5.73 Å². The lowest BCUT2D eigenvalue weighted by Gasteiger charge is -2.29. The Labute approximate surface area is 103 Å². The summed E-state index contributed by atoms with van der Waals surface area (Å²) in [7, 11) is 0. The number of hydrogen-bond donors (Lipinski definition) is 1. The maximum Gasteiger partial charge on any atom is 0.227 e. The normalized spacial score (nSPS) is 14.9. The number of rotatable bonds is 5. The first-order chi connectivity index (χ1) is 8.33. The lowest BCUT2D eigenvalue weighted by atomic mass is 10.0. The van der Waals surface area contributed by atoms with E-state index in [0.717, 1.165) is 44.5 Å². The standard InChI is InChI=1S/C14H20N2O/c15-10-4-1-5-11-16-13-7-3-2-6-12(13)8-9-14(16)17/h2-3,6-7H,1,4-5,8-11,15H2. The number of unbranched alkanes of at least 4 members (excludes halogenated alkanes) is 2. The van der Waals surface area contributed by atoms with E-state index in [0.29, 0.717) is 6.42 Å². The van der Waals surface area contributed by atoms with Gasteiger partial charge in [0, 0.05) is 18.7 Å². The van der Waals surface area contributed by atoms with Crippen LogP contribution in [0.3, 0.4) is 0 Å². The Bertz CT molecular complexity index is 390. The summed E-state index contributed by atoms with van der Waals surface area (Å²) in [6, 6.07) is 8.22. The van der Waals surface area contributed by atoms with E-state index in [1.807, 2.05) is 17.0 Å². The van der Waals surface area contributed by atoms with Crippen LogP contribution in [-0.2, 0) is 11.2 Å². The molecule has 0 spiro atoms. The number of hydrogen-bond acceptors (Lipinski definition) is 2. The molecule has 0 radical (unpaired) electrons. The molecule has 1 aliphatic heterocycles. The molecule has 0 bridgehead atoms. The Balaban J connectivity index is 2.02. The van der Waals surface area contributed by atoms with Gasteiger partial charge in [0.15, 0.2) is 0 Å². The molecular weight excluding hydrogens is 212 g/mol. The first-order valence-electron chi connectivity index (χ1n) is 6.41. The van der Waals surface area contributed by atoms with Crippen molar-refractivity contribution in [3.63, 3.8) is 0 Å². The number of nitrogens with two attached hydrogens (primary N) is 1. The lowest BCUT2D eigenvalue weighted by molar-refractivity contribution is -0.118. The molecule has 1 amide bonds. The van der Waals surface area contributed by atoms with E-state index in [9.17, 15) is 4.79 Å². The van der Waals surface area contributed by atoms with E-state index < -0.39 is 0 Å². The molecule has 2 rings (SSSR count). The number of carbonyl (C=O) groups excluding carboxylic acids is 1. The highest BCUT2D eigenvalue weighted by Crippen LogP contribution is 2.27. The quantitative estimate of drug-likeness (QED) is 0.790. The third kappa shape index (κ3) is 2.86. The largest absolute Gasteiger partial charge is 0.330 e. The molecule has 0 fully saturated rings. The van der Waals surface area contributed by atoms with Gasteiger partial charge >= 0.3 is 0 Å². The minimum absolute atomic E-state index is 0.261. The Morgan fingerprint density at radius 1 is 1.12 bits per heavy atom. The van der Waals surface area contributed by atoms with Gasteiger partial charge in [-0.1, -0.05) is 24.6 Å². The van der Waals surface area contributed by atoms with Crippen molar-refractivity contribution in [3.8, 4) is 0 Å². The van der Waals surface area contributed by atoms with E-state index >= 15 is 0 Å². The van der Waals surface area contributed by atoms with Crippen LogP contribution in [0.15, 0.2) is 24.3 Å². The molecule has 3 heteroatoms. The first kappa shape index (κ1) is 12.1. The predicted octanol–water partition coefficient (Wildman–Crippen LogP) is 2.09. The molecule has 0 aliphatic carbocycles. The molecule has 0 unspecified atom stereocenters. The summed E-state index contributed by atoms with van der Waals surface area (Å²) in [5.74, 6) is 0.261. The molecule has 2 N–H and O–H groups in total. The van der Waals surface area contributed by atoms with Crippen LogP contribution in [0, 0.1) is 0 Å². The van der Waals surface area contributed by atoms with Crippen molar-refractivity contribution in [3.05, 3.63) is 29.8 Å². The number of nitrogens with zero attached hydrogens (tertiary/aromatic N) is 1. The minimum atomic E-state index is 0.261. The lowest BCUT2D eigenvalue weighted by Crippen LogP contribution is -2.35. The predicted molar refractivity (Wildman–Crippen MR) is 70.0 cm³/mol. The Morgan fingerprint density at radius 2 is 1.94 bits per heavy atom. The molecular formula is C14H20N2O. The second-order valence-corrected chi connectivity index (χ2v) is 4.52. The molecule has 1 aromatic rings. The number of para-hydroxylation sites is 1. The number of aryl methyl sites for hydroxylation is 1. The molecule has 92 valence electrons. The van der Waals surface area contributed by atoms with Crippen molar-refractivity contribution in [1.29, 1.82) is 0 Å². The molecule has 17 heavy (non-hydrogen) atoms. The highest BCUT2D eigenvalue weighted by atomic mass is 16.2. The summed E-state index contributed by atoms with van der Waals surface area (Å²) in [5, 5.41) is 0. The molecule has 0 saturated carbocycles. The van der Waals surface area contributed by atoms with E-state index in [-0.39, 0.29) is 5.91 Å². The summed E-state index contributed by atoms with van der Waals surface area (Å²) < 4.78 is 0. The molecule has 3 nitrogen and oxygen atoms in total. The van der Waals surface area contributed by atoms with Crippen LogP contribution in [-0.4, -0.2) is 19.0 Å². The number of anilines is 1. The monoisotopic (exact) mass is 232 g/mol. The fraction of sp³-hybridized carbons (Fsp3) is 0.500. The summed E-state index contributed by atoms with van der Waals surface area (Å²) in [6.45, 7) is 1.57. The summed E-state index contributed by atoms with van der Waals surface area (Å²) in [4.78, 5) is 13.9. The van der Waals surface area contributed by atoms with Gasteiger partial charge in [0.2, 0.25) is 5.91 Å². The van der Waals surface area contributed by atoms with Crippen molar-refractivity contribution in [1.82, 2.24) is 0 Å². The fourth-order valence-electron chi connectivity index (χ4n) is 2.33. The van der Waals surface area contributed by atoms with Crippen LogP contribution in [0.25, 0.3) is 0 Å². The Hall–Kier alpha value is -1.35. The topological polar surface area (TPSA) is 46.3 Å². The molecule has 1 heterocycles.